The molecule has 0 N–H and O–H groups in total. The Morgan fingerprint density at radius 2 is 2.00 bits per heavy atom. The van der Waals surface area contributed by atoms with Gasteiger partial charge in [-0.3, -0.25) is 0 Å². The quantitative estimate of drug-likeness (QED) is 0.410. The van der Waals surface area contributed by atoms with Gasteiger partial charge in [-0.2, -0.15) is 0 Å². The van der Waals surface area contributed by atoms with E-state index in [4.69, 9.17) is 0 Å². The first-order chi connectivity index (χ1) is 4.77. The van der Waals surface area contributed by atoms with Crippen LogP contribution in [0.5, 0.6) is 0 Å². The van der Waals surface area contributed by atoms with Crippen LogP contribution in [-0.4, -0.2) is 0 Å². The third kappa shape index (κ3) is 7.52. The summed E-state index contributed by atoms with van der Waals surface area (Å²) in [4.78, 5) is 0. The van der Waals surface area contributed by atoms with Crippen LogP contribution in [-0.2, 0) is 0 Å². The maximum absolute atomic E-state index is 3.20. The Bertz CT molecular complexity index is 121. The van der Waals surface area contributed by atoms with Crippen LogP contribution in [0.2, 0.25) is 0 Å². The third-order valence-corrected chi connectivity index (χ3v) is 1.34. The molecule has 0 aliphatic rings. The molecule has 0 aliphatic heterocycles. The van der Waals surface area contributed by atoms with Crippen molar-refractivity contribution in [2.75, 3.05) is 0 Å². The minimum atomic E-state index is 1.19. The van der Waals surface area contributed by atoms with Gasteiger partial charge in [-0.1, -0.05) is 19.8 Å². The van der Waals surface area contributed by atoms with Crippen molar-refractivity contribution >= 4 is 0 Å². The van der Waals surface area contributed by atoms with Crippen LogP contribution in [0.1, 0.15) is 46.5 Å². The zero-order valence-corrected chi connectivity index (χ0v) is 7.41. The van der Waals surface area contributed by atoms with Gasteiger partial charge in [0.15, 0.2) is 0 Å². The summed E-state index contributed by atoms with van der Waals surface area (Å²) in [5.74, 6) is 0. The third-order valence-electron chi connectivity index (χ3n) is 1.34. The molecule has 0 heteroatoms. The summed E-state index contributed by atoms with van der Waals surface area (Å²) in [6.07, 6.45) is 7.31. The van der Waals surface area contributed by atoms with Gasteiger partial charge in [-0.25, -0.2) is 0 Å². The zero-order valence-electron chi connectivity index (χ0n) is 7.41. The molecular formula is C10H18. The van der Waals surface area contributed by atoms with Gasteiger partial charge in [-0.05, 0) is 38.3 Å². The van der Waals surface area contributed by atoms with Gasteiger partial charge in [-0.15, -0.1) is 5.73 Å². The fourth-order valence-electron chi connectivity index (χ4n) is 0.773. The van der Waals surface area contributed by atoms with Crippen molar-refractivity contribution in [3.8, 4) is 0 Å². The summed E-state index contributed by atoms with van der Waals surface area (Å²) in [6, 6.07) is 0. The van der Waals surface area contributed by atoms with Gasteiger partial charge >= 0.3 is 0 Å². The van der Waals surface area contributed by atoms with Gasteiger partial charge in [0.1, 0.15) is 0 Å². The fourth-order valence-corrected chi connectivity index (χ4v) is 0.773. The van der Waals surface area contributed by atoms with Gasteiger partial charge < -0.3 is 0 Å². The largest absolute Gasteiger partial charge is 0.127 e. The maximum Gasteiger partial charge on any atom is -0.0274 e. The smallest absolute Gasteiger partial charge is 0.0274 e. The van der Waals surface area contributed by atoms with Crippen molar-refractivity contribution in [1.29, 1.82) is 0 Å². The fraction of sp³-hybridized carbons (Fsp3) is 0.700. The highest BCUT2D eigenvalue weighted by molar-refractivity contribution is 4.93. The van der Waals surface area contributed by atoms with Crippen molar-refractivity contribution in [3.05, 3.63) is 17.4 Å². The molecule has 0 nitrogen and oxygen atoms in total. The standard InChI is InChI=1S/C10H18/c1-4-5-6-7-8-9-10(2)3/h8H,4-7H2,1-3H3. The van der Waals surface area contributed by atoms with Crippen LogP contribution >= 0.6 is 0 Å². The number of hydrogen-bond donors (Lipinski definition) is 0. The summed E-state index contributed by atoms with van der Waals surface area (Å²) in [5, 5.41) is 0. The lowest BCUT2D eigenvalue weighted by Crippen LogP contribution is -1.69. The highest BCUT2D eigenvalue weighted by Crippen LogP contribution is 1.99. The second-order valence-electron chi connectivity index (χ2n) is 2.84. The first kappa shape index (κ1) is 9.52. The molecule has 0 rings (SSSR count). The molecule has 0 saturated carbocycles. The zero-order chi connectivity index (χ0) is 7.82. The van der Waals surface area contributed by atoms with Gasteiger partial charge in [0.2, 0.25) is 0 Å². The molecule has 0 amide bonds. The molecule has 0 spiro atoms. The highest BCUT2D eigenvalue weighted by Gasteiger charge is 1.79. The molecule has 0 unspecified atom stereocenters. The Labute approximate surface area is 64.6 Å². The molecule has 0 fully saturated rings. The molecule has 0 aromatic carbocycles. The maximum atomic E-state index is 3.20. The molecule has 0 heterocycles. The van der Waals surface area contributed by atoms with E-state index in [1.54, 1.807) is 0 Å². The van der Waals surface area contributed by atoms with Crippen molar-refractivity contribution in [2.45, 2.75) is 46.5 Å². The summed E-state index contributed by atoms with van der Waals surface area (Å²) in [7, 11) is 0. The van der Waals surface area contributed by atoms with Gasteiger partial charge in [0.05, 0.1) is 0 Å². The molecule has 0 aromatic rings. The van der Waals surface area contributed by atoms with E-state index in [0.717, 1.165) is 0 Å². The average molecular weight is 138 g/mol. The topological polar surface area (TPSA) is 0 Å². The minimum absolute atomic E-state index is 1.19. The number of hydrogen-bond acceptors (Lipinski definition) is 0. The van der Waals surface area contributed by atoms with Gasteiger partial charge in [0.25, 0.3) is 0 Å². The Morgan fingerprint density at radius 1 is 1.30 bits per heavy atom. The molecule has 0 radical (unpaired) electrons. The van der Waals surface area contributed by atoms with Crippen LogP contribution in [0, 0.1) is 0 Å². The van der Waals surface area contributed by atoms with Crippen molar-refractivity contribution in [3.63, 3.8) is 0 Å². The molecular weight excluding hydrogens is 120 g/mol. The lowest BCUT2D eigenvalue weighted by atomic mass is 10.2. The van der Waals surface area contributed by atoms with Crippen LogP contribution in [0.15, 0.2) is 17.4 Å². The summed E-state index contributed by atoms with van der Waals surface area (Å²) >= 11 is 0. The summed E-state index contributed by atoms with van der Waals surface area (Å²) in [6.45, 7) is 6.39. The van der Waals surface area contributed by atoms with E-state index in [-0.39, 0.29) is 0 Å². The van der Waals surface area contributed by atoms with Crippen LogP contribution in [0.25, 0.3) is 0 Å². The predicted molar refractivity (Wildman–Crippen MR) is 47.1 cm³/mol. The lowest BCUT2D eigenvalue weighted by molar-refractivity contribution is 0.729. The summed E-state index contributed by atoms with van der Waals surface area (Å²) < 4.78 is 0. The van der Waals surface area contributed by atoms with E-state index in [2.05, 4.69) is 32.6 Å². The van der Waals surface area contributed by atoms with E-state index in [9.17, 15) is 0 Å². The Kier molecular flexibility index (Phi) is 6.32. The van der Waals surface area contributed by atoms with E-state index < -0.39 is 0 Å². The Morgan fingerprint density at radius 3 is 2.50 bits per heavy atom. The number of allylic oxidation sites excluding steroid dienone is 1. The first-order valence-corrected chi connectivity index (χ1v) is 4.15. The number of rotatable bonds is 4. The normalized spacial score (nSPS) is 8.70. The van der Waals surface area contributed by atoms with E-state index in [0.29, 0.717) is 0 Å². The van der Waals surface area contributed by atoms with Crippen LogP contribution in [0.4, 0.5) is 0 Å². The second kappa shape index (κ2) is 6.64. The van der Waals surface area contributed by atoms with Crippen molar-refractivity contribution in [1.82, 2.24) is 0 Å². The van der Waals surface area contributed by atoms with Crippen LogP contribution in [0.3, 0.4) is 0 Å². The first-order valence-electron chi connectivity index (χ1n) is 4.15. The predicted octanol–water partition coefficient (Wildman–Crippen LogP) is 3.69. The number of unbranched alkanes of at least 4 members (excludes halogenated alkanes) is 3. The van der Waals surface area contributed by atoms with Gasteiger partial charge in [0, 0.05) is 0 Å². The molecule has 0 aliphatic carbocycles. The SMILES string of the molecule is CCCCCC=C=C(C)C. The van der Waals surface area contributed by atoms with Crippen molar-refractivity contribution in [2.24, 2.45) is 0 Å². The molecule has 10 heavy (non-hydrogen) atoms. The van der Waals surface area contributed by atoms with Crippen LogP contribution < -0.4 is 0 Å². The van der Waals surface area contributed by atoms with E-state index in [1.165, 1.54) is 31.3 Å². The monoisotopic (exact) mass is 138 g/mol. The Hall–Kier alpha value is -0.480. The summed E-state index contributed by atoms with van der Waals surface area (Å²) in [5.41, 5.74) is 4.47. The van der Waals surface area contributed by atoms with Crippen molar-refractivity contribution < 1.29 is 0 Å². The van der Waals surface area contributed by atoms with E-state index in [1.807, 2.05) is 0 Å². The molecule has 0 bridgehead atoms. The minimum Gasteiger partial charge on any atom is -0.127 e. The van der Waals surface area contributed by atoms with E-state index >= 15 is 0 Å². The average Bonchev–Trinajstić information content (AvgIpc) is 1.87. The second-order valence-corrected chi connectivity index (χ2v) is 2.84. The molecule has 0 aromatic heterocycles. The highest BCUT2D eigenvalue weighted by atomic mass is 13.9. The Balaban J connectivity index is 3.27. The molecule has 0 atom stereocenters. The lowest BCUT2D eigenvalue weighted by Gasteiger charge is -1.88. The molecule has 58 valence electrons. The molecule has 0 saturated heterocycles.